The number of piperidine rings is 1. The third-order valence-corrected chi connectivity index (χ3v) is 9.00. The maximum absolute atomic E-state index is 13.8. The first-order valence-corrected chi connectivity index (χ1v) is 16.0. The van der Waals surface area contributed by atoms with E-state index in [1.54, 1.807) is 0 Å². The van der Waals surface area contributed by atoms with Crippen LogP contribution < -0.4 is 21.4 Å². The minimum absolute atomic E-state index is 0.168. The van der Waals surface area contributed by atoms with Gasteiger partial charge < -0.3 is 25.4 Å². The van der Waals surface area contributed by atoms with E-state index in [1.807, 2.05) is 52.4 Å². The largest absolute Gasteiger partial charge is 0.356 e. The Morgan fingerprint density at radius 2 is 1.52 bits per heavy atom. The summed E-state index contributed by atoms with van der Waals surface area (Å²) in [4.78, 5) is 36.8. The van der Waals surface area contributed by atoms with Crippen LogP contribution in [0.4, 0.5) is 5.82 Å². The molecule has 2 aromatic carbocycles. The Hall–Kier alpha value is -4.29. The number of hydrogen-bond acceptors (Lipinski definition) is 8. The van der Waals surface area contributed by atoms with Gasteiger partial charge in [0.25, 0.3) is 5.91 Å². The van der Waals surface area contributed by atoms with E-state index >= 15 is 0 Å². The van der Waals surface area contributed by atoms with Gasteiger partial charge in [-0.1, -0.05) is 47.5 Å². The Kier molecular flexibility index (Phi) is 10.7. The zero-order chi connectivity index (χ0) is 32.8. The highest BCUT2D eigenvalue weighted by Gasteiger charge is 2.25. The highest BCUT2D eigenvalue weighted by molar-refractivity contribution is 6.05. The number of benzene rings is 2. The van der Waals surface area contributed by atoms with Gasteiger partial charge in [-0.05, 0) is 76.9 Å². The van der Waals surface area contributed by atoms with E-state index in [2.05, 4.69) is 53.2 Å². The van der Waals surface area contributed by atoms with Gasteiger partial charge in [-0.15, -0.1) is 0 Å². The van der Waals surface area contributed by atoms with Gasteiger partial charge >= 0.3 is 0 Å². The molecule has 3 aromatic heterocycles. The summed E-state index contributed by atoms with van der Waals surface area (Å²) < 4.78 is 3.90. The van der Waals surface area contributed by atoms with Gasteiger partial charge in [-0.25, -0.2) is 4.98 Å². The van der Waals surface area contributed by atoms with Gasteiger partial charge in [-0.3, -0.25) is 24.5 Å². The summed E-state index contributed by atoms with van der Waals surface area (Å²) in [5, 5.41) is 15.5. The minimum Gasteiger partial charge on any atom is -0.356 e. The molecule has 5 aromatic rings. The number of carbonyl (C=O) groups is 1. The summed E-state index contributed by atoms with van der Waals surface area (Å²) in [6, 6.07) is 20.4. The number of amides is 1. The summed E-state index contributed by atoms with van der Waals surface area (Å²) in [5.41, 5.74) is 11.6. The lowest BCUT2D eigenvalue weighted by molar-refractivity contribution is -0.176. The molecule has 2 aliphatic rings. The molecule has 11 heteroatoms. The summed E-state index contributed by atoms with van der Waals surface area (Å²) in [6.07, 6.45) is 4.24. The Morgan fingerprint density at radius 3 is 2.15 bits per heavy atom. The number of nitrogens with one attached hydrogen (secondary N) is 1. The normalized spacial score (nSPS) is 15.5. The SMILES string of the molecule is Cc1ccc(C)cc1.Cn1c2ccccc2n2c3nc(N4CCC(N)CC4)ccc3c(=O)c(C(=O)NCCN3CCCC3)c12.OO. The maximum Gasteiger partial charge on any atom is 0.259 e. The second-order valence-corrected chi connectivity index (χ2v) is 12.2. The molecule has 5 heterocycles. The number of nitrogens with two attached hydrogens (primary N) is 1. The quantitative estimate of drug-likeness (QED) is 0.166. The van der Waals surface area contributed by atoms with Gasteiger partial charge in [-0.2, -0.15) is 0 Å². The van der Waals surface area contributed by atoms with Crippen molar-refractivity contribution >= 4 is 39.4 Å². The average molecular weight is 628 g/mol. The molecule has 2 saturated heterocycles. The average Bonchev–Trinajstić information content (AvgIpc) is 3.70. The molecule has 0 radical (unpaired) electrons. The van der Waals surface area contributed by atoms with Crippen molar-refractivity contribution in [2.75, 3.05) is 44.2 Å². The molecule has 5 N–H and O–H groups in total. The van der Waals surface area contributed by atoms with Crippen LogP contribution >= 0.6 is 0 Å². The van der Waals surface area contributed by atoms with Crippen molar-refractivity contribution in [2.45, 2.75) is 45.6 Å². The lowest BCUT2D eigenvalue weighted by atomic mass is 10.1. The monoisotopic (exact) mass is 627 g/mol. The van der Waals surface area contributed by atoms with Crippen molar-refractivity contribution in [3.63, 3.8) is 0 Å². The molecule has 2 fully saturated rings. The third kappa shape index (κ3) is 6.92. The van der Waals surface area contributed by atoms with E-state index in [-0.39, 0.29) is 22.9 Å². The van der Waals surface area contributed by atoms with Crippen molar-refractivity contribution in [3.8, 4) is 0 Å². The van der Waals surface area contributed by atoms with Gasteiger partial charge in [0.2, 0.25) is 5.43 Å². The minimum atomic E-state index is -0.335. The number of hydrogen-bond donors (Lipinski definition) is 4. The van der Waals surface area contributed by atoms with E-state index in [1.165, 1.54) is 24.0 Å². The molecule has 0 bridgehead atoms. The van der Waals surface area contributed by atoms with Gasteiger partial charge in [0.05, 0.1) is 16.4 Å². The molecule has 0 saturated carbocycles. The molecule has 0 atom stereocenters. The van der Waals surface area contributed by atoms with Crippen LogP contribution in [0.25, 0.3) is 27.7 Å². The molecule has 244 valence electrons. The van der Waals surface area contributed by atoms with Gasteiger partial charge in [0.15, 0.2) is 5.65 Å². The number of carbonyl (C=O) groups excluding carboxylic acids is 1. The van der Waals surface area contributed by atoms with Crippen LogP contribution in [0.15, 0.2) is 65.5 Å². The summed E-state index contributed by atoms with van der Waals surface area (Å²) in [6.45, 7) is 9.32. The number of aromatic nitrogens is 3. The van der Waals surface area contributed by atoms with E-state index < -0.39 is 0 Å². The lowest BCUT2D eigenvalue weighted by Crippen LogP contribution is -2.40. The Labute approximate surface area is 268 Å². The second kappa shape index (κ2) is 14.9. The number of imidazole rings is 1. The van der Waals surface area contributed by atoms with Crippen molar-refractivity contribution in [3.05, 3.63) is 87.6 Å². The van der Waals surface area contributed by atoms with E-state index in [4.69, 9.17) is 21.2 Å². The number of aryl methyl sites for hydroxylation is 3. The predicted molar refractivity (Wildman–Crippen MR) is 184 cm³/mol. The topological polar surface area (TPSA) is 141 Å². The molecule has 0 unspecified atom stereocenters. The Balaban J connectivity index is 0.000000361. The zero-order valence-electron chi connectivity index (χ0n) is 26.9. The molecule has 11 nitrogen and oxygen atoms in total. The Bertz CT molecular complexity index is 1830. The third-order valence-electron chi connectivity index (χ3n) is 9.00. The number of nitrogens with zero attached hydrogens (tertiary/aromatic N) is 5. The van der Waals surface area contributed by atoms with Crippen molar-refractivity contribution in [1.82, 2.24) is 24.2 Å². The summed E-state index contributed by atoms with van der Waals surface area (Å²) in [5.74, 6) is 0.497. The van der Waals surface area contributed by atoms with Gasteiger partial charge in [0.1, 0.15) is 17.0 Å². The van der Waals surface area contributed by atoms with Crippen molar-refractivity contribution < 1.29 is 15.3 Å². The predicted octanol–water partition coefficient (Wildman–Crippen LogP) is 4.41. The van der Waals surface area contributed by atoms with Crippen LogP contribution in [0.2, 0.25) is 0 Å². The van der Waals surface area contributed by atoms with Crippen LogP contribution in [-0.4, -0.2) is 80.6 Å². The van der Waals surface area contributed by atoms with E-state index in [0.717, 1.165) is 62.4 Å². The zero-order valence-corrected chi connectivity index (χ0v) is 26.9. The number of rotatable bonds is 5. The lowest BCUT2D eigenvalue weighted by Gasteiger charge is -2.31. The smallest absolute Gasteiger partial charge is 0.259 e. The highest BCUT2D eigenvalue weighted by atomic mass is 17.0. The Morgan fingerprint density at radius 1 is 0.913 bits per heavy atom. The summed E-state index contributed by atoms with van der Waals surface area (Å²) >= 11 is 0. The van der Waals surface area contributed by atoms with Crippen LogP contribution in [0.5, 0.6) is 0 Å². The van der Waals surface area contributed by atoms with E-state index in [0.29, 0.717) is 23.2 Å². The molecule has 2 aliphatic heterocycles. The molecule has 46 heavy (non-hydrogen) atoms. The van der Waals surface area contributed by atoms with Crippen LogP contribution in [0.1, 0.15) is 47.2 Å². The molecule has 1 amide bonds. The van der Waals surface area contributed by atoms with Crippen LogP contribution in [0.3, 0.4) is 0 Å². The fourth-order valence-electron chi connectivity index (χ4n) is 6.40. The maximum atomic E-state index is 13.8. The van der Waals surface area contributed by atoms with Crippen LogP contribution in [-0.2, 0) is 7.05 Å². The summed E-state index contributed by atoms with van der Waals surface area (Å²) in [7, 11) is 1.90. The first-order chi connectivity index (χ1) is 22.3. The number of likely N-dealkylation sites (tertiary alicyclic amines) is 1. The number of pyridine rings is 2. The van der Waals surface area contributed by atoms with Crippen molar-refractivity contribution in [2.24, 2.45) is 12.8 Å². The number of anilines is 1. The molecular formula is C35H45N7O4. The molecular weight excluding hydrogens is 582 g/mol. The molecule has 7 rings (SSSR count). The first-order valence-electron chi connectivity index (χ1n) is 16.0. The number of para-hydroxylation sites is 2. The highest BCUT2D eigenvalue weighted by Crippen LogP contribution is 2.27. The standard InChI is InChI=1S/C27H33N7O2.C8H10.H2O2/c1-31-20-6-2-3-7-21(20)34-25-19(8-9-22(30-25)33-15-10-18(28)11-16-33)24(35)23(27(31)34)26(36)29-12-17-32-13-4-5-14-32;1-7-3-5-8(2)6-4-7;1-2/h2-3,6-9,18H,4-5,10-17,28H2,1H3,(H,29,36);3-6H,1-2H3;1-2H. The van der Waals surface area contributed by atoms with Gasteiger partial charge in [0, 0.05) is 39.3 Å². The van der Waals surface area contributed by atoms with Crippen LogP contribution in [0, 0.1) is 13.8 Å². The molecule has 0 spiro atoms. The molecule has 0 aliphatic carbocycles. The second-order valence-electron chi connectivity index (χ2n) is 12.2. The fraction of sp³-hybridized carbons (Fsp3) is 0.400. The van der Waals surface area contributed by atoms with E-state index in [9.17, 15) is 9.59 Å². The number of fused-ring (bicyclic) bond motifs is 5. The van der Waals surface area contributed by atoms with Crippen molar-refractivity contribution in [1.29, 1.82) is 0 Å². The first kappa shape index (κ1) is 33.1. The fourth-order valence-corrected chi connectivity index (χ4v) is 6.40.